The molecule has 0 spiro atoms. The van der Waals surface area contributed by atoms with Gasteiger partial charge in [0.05, 0.1) is 18.1 Å². The van der Waals surface area contributed by atoms with Crippen molar-refractivity contribution in [2.24, 2.45) is 5.92 Å². The number of nitrogens with zero attached hydrogens (tertiary/aromatic N) is 2. The lowest BCUT2D eigenvalue weighted by molar-refractivity contribution is -0.125. The Morgan fingerprint density at radius 2 is 1.82 bits per heavy atom. The van der Waals surface area contributed by atoms with Crippen molar-refractivity contribution in [1.82, 2.24) is 14.9 Å². The van der Waals surface area contributed by atoms with Crippen LogP contribution in [0, 0.1) is 5.92 Å². The van der Waals surface area contributed by atoms with Crippen LogP contribution in [0.25, 0.3) is 11.0 Å². The number of amides is 1. The highest BCUT2D eigenvalue weighted by Gasteiger charge is 2.15. The third kappa shape index (κ3) is 4.53. The predicted octanol–water partition coefficient (Wildman–Crippen LogP) is 4.19. The molecule has 0 aliphatic carbocycles. The number of fused-ring (bicyclic) bond motifs is 1. The van der Waals surface area contributed by atoms with Crippen molar-refractivity contribution in [2.45, 2.75) is 39.7 Å². The number of rotatable bonds is 9. The third-order valence-corrected chi connectivity index (χ3v) is 5.24. The molecule has 1 amide bonds. The topological polar surface area (TPSA) is 56.2 Å². The van der Waals surface area contributed by atoms with Crippen LogP contribution < -0.4 is 10.1 Å². The van der Waals surface area contributed by atoms with Crippen LogP contribution in [-0.2, 0) is 17.8 Å². The second-order valence-corrected chi connectivity index (χ2v) is 7.01. The number of benzene rings is 2. The van der Waals surface area contributed by atoms with Crippen molar-refractivity contribution in [3.8, 4) is 5.75 Å². The van der Waals surface area contributed by atoms with Gasteiger partial charge in [-0.3, -0.25) is 4.79 Å². The minimum atomic E-state index is 0.0955. The predicted molar refractivity (Wildman–Crippen MR) is 113 cm³/mol. The smallest absolute Gasteiger partial charge is 0.223 e. The second kappa shape index (κ2) is 9.40. The van der Waals surface area contributed by atoms with Gasteiger partial charge in [0.2, 0.25) is 5.91 Å². The summed E-state index contributed by atoms with van der Waals surface area (Å²) in [4.78, 5) is 17.1. The fourth-order valence-corrected chi connectivity index (χ4v) is 3.51. The number of nitrogens with one attached hydrogen (secondary N) is 1. The largest absolute Gasteiger partial charge is 0.497 e. The highest BCUT2D eigenvalue weighted by molar-refractivity contribution is 5.78. The minimum absolute atomic E-state index is 0.0955. The summed E-state index contributed by atoms with van der Waals surface area (Å²) in [5, 5.41) is 3.07. The zero-order chi connectivity index (χ0) is 19.9. The minimum Gasteiger partial charge on any atom is -0.497 e. The molecule has 0 aliphatic rings. The molecule has 0 aliphatic heterocycles. The third-order valence-electron chi connectivity index (χ3n) is 5.24. The Bertz CT molecular complexity index is 911. The van der Waals surface area contributed by atoms with E-state index in [0.717, 1.165) is 42.0 Å². The van der Waals surface area contributed by atoms with Crippen molar-refractivity contribution in [3.63, 3.8) is 0 Å². The molecule has 5 nitrogen and oxygen atoms in total. The summed E-state index contributed by atoms with van der Waals surface area (Å²) in [6.45, 7) is 5.45. The average Bonchev–Trinajstić information content (AvgIpc) is 3.07. The molecule has 0 fully saturated rings. The van der Waals surface area contributed by atoms with E-state index in [2.05, 4.69) is 41.9 Å². The van der Waals surface area contributed by atoms with Gasteiger partial charge < -0.3 is 14.6 Å². The van der Waals surface area contributed by atoms with Gasteiger partial charge in [-0.15, -0.1) is 0 Å². The molecule has 0 unspecified atom stereocenters. The van der Waals surface area contributed by atoms with Gasteiger partial charge in [-0.2, -0.15) is 0 Å². The Kier molecular flexibility index (Phi) is 6.69. The SMILES string of the molecule is CCC(CC)C(=O)NCCc1nc2ccccc2n1Cc1ccc(OC)cc1. The summed E-state index contributed by atoms with van der Waals surface area (Å²) in [5.41, 5.74) is 3.28. The summed E-state index contributed by atoms with van der Waals surface area (Å²) in [6.07, 6.45) is 2.45. The van der Waals surface area contributed by atoms with Crippen LogP contribution in [0.1, 0.15) is 38.1 Å². The Hall–Kier alpha value is -2.82. The van der Waals surface area contributed by atoms with Crippen LogP contribution in [0.15, 0.2) is 48.5 Å². The van der Waals surface area contributed by atoms with Crippen LogP contribution in [0.4, 0.5) is 0 Å². The van der Waals surface area contributed by atoms with E-state index in [1.165, 1.54) is 5.56 Å². The molecule has 5 heteroatoms. The van der Waals surface area contributed by atoms with E-state index in [-0.39, 0.29) is 11.8 Å². The van der Waals surface area contributed by atoms with Crippen LogP contribution >= 0.6 is 0 Å². The molecule has 3 rings (SSSR count). The fourth-order valence-electron chi connectivity index (χ4n) is 3.51. The number of carbonyl (C=O) groups is 1. The molecule has 28 heavy (non-hydrogen) atoms. The quantitative estimate of drug-likeness (QED) is 0.606. The molecule has 0 saturated heterocycles. The Morgan fingerprint density at radius 1 is 1.11 bits per heavy atom. The molecule has 0 atom stereocenters. The maximum atomic E-state index is 12.3. The van der Waals surface area contributed by atoms with Gasteiger partial charge in [-0.1, -0.05) is 38.1 Å². The molecule has 2 aromatic carbocycles. The van der Waals surface area contributed by atoms with Crippen molar-refractivity contribution in [1.29, 1.82) is 0 Å². The van der Waals surface area contributed by atoms with E-state index >= 15 is 0 Å². The number of methoxy groups -OCH3 is 1. The van der Waals surface area contributed by atoms with Gasteiger partial charge in [0.25, 0.3) is 0 Å². The molecule has 0 bridgehead atoms. The number of imidazole rings is 1. The lowest BCUT2D eigenvalue weighted by Gasteiger charge is -2.13. The fraction of sp³-hybridized carbons (Fsp3) is 0.391. The van der Waals surface area contributed by atoms with Crippen LogP contribution in [-0.4, -0.2) is 29.1 Å². The van der Waals surface area contributed by atoms with Crippen molar-refractivity contribution >= 4 is 16.9 Å². The van der Waals surface area contributed by atoms with E-state index in [0.29, 0.717) is 13.0 Å². The number of aromatic nitrogens is 2. The lowest BCUT2D eigenvalue weighted by Crippen LogP contribution is -2.32. The maximum absolute atomic E-state index is 12.3. The first kappa shape index (κ1) is 19.9. The van der Waals surface area contributed by atoms with E-state index in [1.54, 1.807) is 7.11 Å². The molecular formula is C23H29N3O2. The van der Waals surface area contributed by atoms with Gasteiger partial charge in [0.1, 0.15) is 11.6 Å². The molecule has 0 radical (unpaired) electrons. The lowest BCUT2D eigenvalue weighted by atomic mass is 10.0. The number of hydrogen-bond donors (Lipinski definition) is 1. The van der Waals surface area contributed by atoms with Crippen molar-refractivity contribution in [3.05, 3.63) is 59.9 Å². The summed E-state index contributed by atoms with van der Waals surface area (Å²) in [6, 6.07) is 16.3. The molecule has 3 aromatic rings. The summed E-state index contributed by atoms with van der Waals surface area (Å²) < 4.78 is 7.49. The molecule has 1 heterocycles. The monoisotopic (exact) mass is 379 g/mol. The molecule has 1 aromatic heterocycles. The first-order chi connectivity index (χ1) is 13.7. The van der Waals surface area contributed by atoms with E-state index in [4.69, 9.17) is 9.72 Å². The zero-order valence-electron chi connectivity index (χ0n) is 16.9. The van der Waals surface area contributed by atoms with E-state index in [1.807, 2.05) is 30.3 Å². The average molecular weight is 380 g/mol. The first-order valence-electron chi connectivity index (χ1n) is 10.0. The van der Waals surface area contributed by atoms with Gasteiger partial charge >= 0.3 is 0 Å². The van der Waals surface area contributed by atoms with Crippen molar-refractivity contribution < 1.29 is 9.53 Å². The summed E-state index contributed by atoms with van der Waals surface area (Å²) in [5.74, 6) is 2.08. The van der Waals surface area contributed by atoms with Gasteiger partial charge in [0, 0.05) is 25.4 Å². The number of carbonyl (C=O) groups excluding carboxylic acids is 1. The highest BCUT2D eigenvalue weighted by atomic mass is 16.5. The summed E-state index contributed by atoms with van der Waals surface area (Å²) in [7, 11) is 1.67. The standard InChI is InChI=1S/C23H29N3O2/c1-4-18(5-2)23(27)24-15-14-22-25-20-8-6-7-9-21(20)26(22)16-17-10-12-19(28-3)13-11-17/h6-13,18H,4-5,14-16H2,1-3H3,(H,24,27). The van der Waals surface area contributed by atoms with Crippen molar-refractivity contribution in [2.75, 3.05) is 13.7 Å². The number of ether oxygens (including phenoxy) is 1. The molecule has 148 valence electrons. The van der Waals surface area contributed by atoms with E-state index < -0.39 is 0 Å². The molecule has 0 saturated carbocycles. The zero-order valence-corrected chi connectivity index (χ0v) is 16.9. The van der Waals surface area contributed by atoms with E-state index in [9.17, 15) is 4.79 Å². The maximum Gasteiger partial charge on any atom is 0.223 e. The Balaban J connectivity index is 1.77. The van der Waals surface area contributed by atoms with Crippen LogP contribution in [0.5, 0.6) is 5.75 Å². The second-order valence-electron chi connectivity index (χ2n) is 7.01. The van der Waals surface area contributed by atoms with Crippen LogP contribution in [0.3, 0.4) is 0 Å². The number of para-hydroxylation sites is 2. The molecule has 1 N–H and O–H groups in total. The molecular weight excluding hydrogens is 350 g/mol. The Labute approximate surface area is 166 Å². The number of hydrogen-bond acceptors (Lipinski definition) is 3. The van der Waals surface area contributed by atoms with Gasteiger partial charge in [0.15, 0.2) is 0 Å². The summed E-state index contributed by atoms with van der Waals surface area (Å²) >= 11 is 0. The van der Waals surface area contributed by atoms with Gasteiger partial charge in [-0.25, -0.2) is 4.98 Å². The Morgan fingerprint density at radius 3 is 2.50 bits per heavy atom. The van der Waals surface area contributed by atoms with Crippen LogP contribution in [0.2, 0.25) is 0 Å². The highest BCUT2D eigenvalue weighted by Crippen LogP contribution is 2.20. The first-order valence-corrected chi connectivity index (χ1v) is 10.0. The van der Waals surface area contributed by atoms with Gasteiger partial charge in [-0.05, 0) is 42.7 Å². The normalized spacial score (nSPS) is 11.1.